The quantitative estimate of drug-likeness (QED) is 0.579. The van der Waals surface area contributed by atoms with Gasteiger partial charge in [0.05, 0.1) is 19.2 Å². The smallest absolute Gasteiger partial charge is 0.324 e. The average Bonchev–Trinajstić information content (AvgIpc) is 3.23. The second kappa shape index (κ2) is 8.95. The predicted molar refractivity (Wildman–Crippen MR) is 114 cm³/mol. The number of anilines is 4. The summed E-state index contributed by atoms with van der Waals surface area (Å²) in [7, 11) is 0. The summed E-state index contributed by atoms with van der Waals surface area (Å²) in [5.74, 6) is 0.859. The molecule has 2 aliphatic heterocycles. The van der Waals surface area contributed by atoms with Crippen LogP contribution in [0.5, 0.6) is 0 Å². The Hall–Kier alpha value is -3.40. The Kier molecular flexibility index (Phi) is 5.94. The fourth-order valence-corrected chi connectivity index (χ4v) is 3.76. The first-order valence-corrected chi connectivity index (χ1v) is 10.0. The molecule has 0 spiro atoms. The number of carbonyl (C=O) groups is 2. The van der Waals surface area contributed by atoms with E-state index in [2.05, 4.69) is 25.9 Å². The molecule has 10 nitrogen and oxygen atoms in total. The molecule has 2 aromatic rings. The van der Waals surface area contributed by atoms with E-state index in [0.717, 1.165) is 31.6 Å². The fourth-order valence-electron chi connectivity index (χ4n) is 3.76. The summed E-state index contributed by atoms with van der Waals surface area (Å²) in [6, 6.07) is 8.57. The van der Waals surface area contributed by atoms with Crippen LogP contribution in [0.25, 0.3) is 0 Å². The standard InChI is InChI=1S/C20H25N7O3/c28-13-16-5-2-9-27(16)19-22-7-6-17(24-19)25-20(30)23-14-3-1-4-15(11-14)26-10-8-21-18(29)12-26/h1,3-4,6-7,11,16,28H,2,5,8-10,12-13H2,(H,21,29)(H2,22,23,24,25,30). The van der Waals surface area contributed by atoms with Crippen LogP contribution in [0.1, 0.15) is 12.8 Å². The molecule has 2 aliphatic rings. The lowest BCUT2D eigenvalue weighted by Gasteiger charge is -2.28. The zero-order chi connectivity index (χ0) is 20.9. The Morgan fingerprint density at radius 2 is 2.17 bits per heavy atom. The highest BCUT2D eigenvalue weighted by atomic mass is 16.3. The van der Waals surface area contributed by atoms with Crippen molar-refractivity contribution in [2.24, 2.45) is 0 Å². The lowest BCUT2D eigenvalue weighted by molar-refractivity contribution is -0.120. The van der Waals surface area contributed by atoms with Crippen LogP contribution in [0.15, 0.2) is 36.5 Å². The minimum absolute atomic E-state index is 0.00804. The van der Waals surface area contributed by atoms with Gasteiger partial charge >= 0.3 is 6.03 Å². The van der Waals surface area contributed by atoms with E-state index in [0.29, 0.717) is 30.5 Å². The van der Waals surface area contributed by atoms with Gasteiger partial charge in [-0.15, -0.1) is 0 Å². The van der Waals surface area contributed by atoms with Crippen LogP contribution in [0.3, 0.4) is 0 Å². The van der Waals surface area contributed by atoms with Crippen molar-refractivity contribution in [3.05, 3.63) is 36.5 Å². The summed E-state index contributed by atoms with van der Waals surface area (Å²) < 4.78 is 0. The number of hydrogen-bond acceptors (Lipinski definition) is 7. The molecule has 3 heterocycles. The molecule has 4 rings (SSSR count). The van der Waals surface area contributed by atoms with E-state index < -0.39 is 6.03 Å². The number of urea groups is 1. The molecule has 0 radical (unpaired) electrons. The van der Waals surface area contributed by atoms with Gasteiger partial charge in [0.25, 0.3) is 0 Å². The number of aromatic nitrogens is 2. The molecule has 1 unspecified atom stereocenters. The second-order valence-electron chi connectivity index (χ2n) is 7.31. The summed E-state index contributed by atoms with van der Waals surface area (Å²) >= 11 is 0. The number of benzene rings is 1. The molecule has 0 bridgehead atoms. The van der Waals surface area contributed by atoms with E-state index >= 15 is 0 Å². The van der Waals surface area contributed by atoms with Crippen LogP contribution < -0.4 is 25.8 Å². The molecule has 1 aromatic carbocycles. The van der Waals surface area contributed by atoms with Crippen molar-refractivity contribution < 1.29 is 14.7 Å². The first kappa shape index (κ1) is 19.9. The number of nitrogens with one attached hydrogen (secondary N) is 3. The number of rotatable bonds is 5. The molecule has 0 aliphatic carbocycles. The topological polar surface area (TPSA) is 123 Å². The van der Waals surface area contributed by atoms with Gasteiger partial charge in [0.1, 0.15) is 5.82 Å². The molecule has 10 heteroatoms. The number of hydrogen-bond donors (Lipinski definition) is 4. The van der Waals surface area contributed by atoms with Crippen molar-refractivity contribution in [3.8, 4) is 0 Å². The van der Waals surface area contributed by atoms with Crippen LogP contribution in [0.2, 0.25) is 0 Å². The van der Waals surface area contributed by atoms with Crippen LogP contribution in [0.4, 0.5) is 27.9 Å². The molecule has 4 N–H and O–H groups in total. The van der Waals surface area contributed by atoms with E-state index in [4.69, 9.17) is 0 Å². The maximum Gasteiger partial charge on any atom is 0.324 e. The minimum atomic E-state index is -0.423. The van der Waals surface area contributed by atoms with Crippen LogP contribution in [0, 0.1) is 0 Å². The van der Waals surface area contributed by atoms with Crippen molar-refractivity contribution in [1.29, 1.82) is 0 Å². The maximum absolute atomic E-state index is 12.5. The Labute approximate surface area is 174 Å². The van der Waals surface area contributed by atoms with Gasteiger partial charge < -0.3 is 25.5 Å². The zero-order valence-electron chi connectivity index (χ0n) is 16.5. The van der Waals surface area contributed by atoms with E-state index in [-0.39, 0.29) is 18.6 Å². The van der Waals surface area contributed by atoms with Gasteiger partial charge in [-0.3, -0.25) is 10.1 Å². The SMILES string of the molecule is O=C1CN(c2cccc(NC(=O)Nc3ccnc(N4CCCC4CO)n3)c2)CCN1. The lowest BCUT2D eigenvalue weighted by Crippen LogP contribution is -2.47. The van der Waals surface area contributed by atoms with Gasteiger partial charge in [0.2, 0.25) is 11.9 Å². The van der Waals surface area contributed by atoms with Crippen LogP contribution >= 0.6 is 0 Å². The molecule has 1 aromatic heterocycles. The minimum Gasteiger partial charge on any atom is -0.394 e. The first-order chi connectivity index (χ1) is 14.6. The van der Waals surface area contributed by atoms with Crippen molar-refractivity contribution >= 4 is 35.1 Å². The highest BCUT2D eigenvalue weighted by Gasteiger charge is 2.26. The van der Waals surface area contributed by atoms with E-state index in [1.54, 1.807) is 18.3 Å². The molecule has 2 fully saturated rings. The predicted octanol–water partition coefficient (Wildman–Crippen LogP) is 1.02. The fraction of sp³-hybridized carbons (Fsp3) is 0.400. The molecule has 2 saturated heterocycles. The van der Waals surface area contributed by atoms with Crippen molar-refractivity contribution in [1.82, 2.24) is 15.3 Å². The Morgan fingerprint density at radius 3 is 3.00 bits per heavy atom. The Bertz CT molecular complexity index is 923. The monoisotopic (exact) mass is 411 g/mol. The van der Waals surface area contributed by atoms with E-state index in [9.17, 15) is 14.7 Å². The second-order valence-corrected chi connectivity index (χ2v) is 7.31. The Balaban J connectivity index is 1.40. The van der Waals surface area contributed by atoms with Gasteiger partial charge in [-0.2, -0.15) is 4.98 Å². The molecule has 0 saturated carbocycles. The highest BCUT2D eigenvalue weighted by molar-refractivity contribution is 5.99. The van der Waals surface area contributed by atoms with Gasteiger partial charge in [-0.25, -0.2) is 9.78 Å². The molecule has 158 valence electrons. The lowest BCUT2D eigenvalue weighted by atomic mass is 10.2. The van der Waals surface area contributed by atoms with Crippen molar-refractivity contribution in [2.75, 3.05) is 53.2 Å². The third-order valence-electron chi connectivity index (χ3n) is 5.24. The third kappa shape index (κ3) is 4.60. The number of carbonyl (C=O) groups excluding carboxylic acids is 2. The number of aliphatic hydroxyl groups excluding tert-OH is 1. The summed E-state index contributed by atoms with van der Waals surface area (Å²) in [4.78, 5) is 36.7. The van der Waals surface area contributed by atoms with Gasteiger partial charge in [0, 0.05) is 37.2 Å². The van der Waals surface area contributed by atoms with Crippen molar-refractivity contribution in [3.63, 3.8) is 0 Å². The van der Waals surface area contributed by atoms with Gasteiger partial charge in [0.15, 0.2) is 0 Å². The highest BCUT2D eigenvalue weighted by Crippen LogP contribution is 2.23. The Morgan fingerprint density at radius 1 is 1.27 bits per heavy atom. The summed E-state index contributed by atoms with van der Waals surface area (Å²) in [6.07, 6.45) is 3.46. The maximum atomic E-state index is 12.5. The summed E-state index contributed by atoms with van der Waals surface area (Å²) in [5, 5.41) is 17.8. The molecular formula is C20H25N7O3. The van der Waals surface area contributed by atoms with Crippen molar-refractivity contribution in [2.45, 2.75) is 18.9 Å². The molecule has 1 atom stereocenters. The van der Waals surface area contributed by atoms with E-state index in [1.807, 2.05) is 28.0 Å². The third-order valence-corrected chi connectivity index (χ3v) is 5.24. The van der Waals surface area contributed by atoms with Crippen LogP contribution in [-0.2, 0) is 4.79 Å². The number of amides is 3. The summed E-state index contributed by atoms with van der Waals surface area (Å²) in [6.45, 7) is 2.45. The van der Waals surface area contributed by atoms with Crippen LogP contribution in [-0.4, -0.2) is 65.8 Å². The zero-order valence-corrected chi connectivity index (χ0v) is 16.5. The largest absolute Gasteiger partial charge is 0.394 e. The number of aliphatic hydroxyl groups is 1. The molecule has 3 amide bonds. The normalized spacial score (nSPS) is 18.8. The van der Waals surface area contributed by atoms with E-state index in [1.165, 1.54) is 0 Å². The number of piperazine rings is 1. The van der Waals surface area contributed by atoms with Gasteiger partial charge in [-0.1, -0.05) is 6.07 Å². The first-order valence-electron chi connectivity index (χ1n) is 10.0. The van der Waals surface area contributed by atoms with Gasteiger partial charge in [-0.05, 0) is 37.1 Å². The molecule has 30 heavy (non-hydrogen) atoms. The average molecular weight is 411 g/mol. The summed E-state index contributed by atoms with van der Waals surface area (Å²) in [5.41, 5.74) is 1.49. The number of nitrogens with zero attached hydrogens (tertiary/aromatic N) is 4. The molecular weight excluding hydrogens is 386 g/mol.